The van der Waals surface area contributed by atoms with Gasteiger partial charge >= 0.3 is 0 Å². The molecule has 2 aromatic carbocycles. The van der Waals surface area contributed by atoms with Crippen LogP contribution in [0.5, 0.6) is 0 Å². The Morgan fingerprint density at radius 2 is 2.00 bits per heavy atom. The van der Waals surface area contributed by atoms with E-state index in [9.17, 15) is 4.21 Å². The van der Waals surface area contributed by atoms with Crippen molar-refractivity contribution in [3.63, 3.8) is 0 Å². The van der Waals surface area contributed by atoms with Crippen LogP contribution in [0.25, 0.3) is 10.9 Å². The molecule has 108 valence electrons. The third kappa shape index (κ3) is 2.56. The zero-order chi connectivity index (χ0) is 15.0. The molecule has 0 aliphatic heterocycles. The molecule has 1 aromatic heterocycles. The van der Waals surface area contributed by atoms with Gasteiger partial charge in [0.25, 0.3) is 0 Å². The van der Waals surface area contributed by atoms with Gasteiger partial charge in [-0.15, -0.1) is 0 Å². The van der Waals surface area contributed by atoms with Crippen LogP contribution in [0.2, 0.25) is 0 Å². The minimum absolute atomic E-state index is 0.394. The first-order valence-corrected chi connectivity index (χ1v) is 8.03. The summed E-state index contributed by atoms with van der Waals surface area (Å²) in [7, 11) is 0.749. The van der Waals surface area contributed by atoms with E-state index in [0.717, 1.165) is 27.1 Å². The monoisotopic (exact) mass is 299 g/mol. The van der Waals surface area contributed by atoms with Gasteiger partial charge in [-0.2, -0.15) is 5.10 Å². The third-order valence-electron chi connectivity index (χ3n) is 3.56. The minimum Gasteiger partial charge on any atom is -0.399 e. The first kappa shape index (κ1) is 13.8. The highest BCUT2D eigenvalue weighted by Gasteiger charge is 2.14. The molecule has 0 amide bonds. The number of aromatic nitrogens is 2. The average Bonchev–Trinajstić information content (AvgIpc) is 2.78. The van der Waals surface area contributed by atoms with Crippen molar-refractivity contribution in [1.82, 2.24) is 9.78 Å². The fourth-order valence-corrected chi connectivity index (χ4v) is 3.77. The first-order valence-electron chi connectivity index (χ1n) is 6.71. The Labute approximate surface area is 126 Å². The molecule has 0 saturated heterocycles. The van der Waals surface area contributed by atoms with E-state index in [1.54, 1.807) is 6.07 Å². The summed E-state index contributed by atoms with van der Waals surface area (Å²) in [6, 6.07) is 13.5. The zero-order valence-electron chi connectivity index (χ0n) is 12.0. The quantitative estimate of drug-likeness (QED) is 0.756. The van der Waals surface area contributed by atoms with Crippen molar-refractivity contribution in [2.45, 2.75) is 17.6 Å². The number of aryl methyl sites for hydroxylation is 2. The van der Waals surface area contributed by atoms with Gasteiger partial charge in [0.1, 0.15) is 0 Å². The van der Waals surface area contributed by atoms with E-state index in [-0.39, 0.29) is 0 Å². The molecule has 21 heavy (non-hydrogen) atoms. The molecular formula is C16H17N3OS. The molecular weight excluding hydrogens is 282 g/mol. The standard InChI is InChI=1S/C16H17N3OS/c1-11-7-8-12(17)9-16(11)21(20)10-14-13-5-3-4-6-15(13)19(2)18-14/h3-9H,10,17H2,1-2H3. The second-order valence-electron chi connectivity index (χ2n) is 5.10. The summed E-state index contributed by atoms with van der Waals surface area (Å²) >= 11 is 0. The molecule has 0 saturated carbocycles. The molecule has 0 fully saturated rings. The molecule has 0 bridgehead atoms. The largest absolute Gasteiger partial charge is 0.399 e. The maximum Gasteiger partial charge on any atom is 0.0831 e. The molecule has 0 radical (unpaired) electrons. The van der Waals surface area contributed by atoms with Crippen LogP contribution in [0.15, 0.2) is 47.4 Å². The second kappa shape index (κ2) is 5.33. The summed E-state index contributed by atoms with van der Waals surface area (Å²) in [5, 5.41) is 5.55. The van der Waals surface area contributed by atoms with Gasteiger partial charge in [0.2, 0.25) is 0 Å². The van der Waals surface area contributed by atoms with Gasteiger partial charge in [0.15, 0.2) is 0 Å². The number of hydrogen-bond acceptors (Lipinski definition) is 3. The Morgan fingerprint density at radius 3 is 2.81 bits per heavy atom. The summed E-state index contributed by atoms with van der Waals surface area (Å²) in [6.07, 6.45) is 0. The van der Waals surface area contributed by atoms with Crippen LogP contribution < -0.4 is 5.73 Å². The van der Waals surface area contributed by atoms with Crippen molar-refractivity contribution in [2.24, 2.45) is 7.05 Å². The smallest absolute Gasteiger partial charge is 0.0831 e. The molecule has 4 nitrogen and oxygen atoms in total. The van der Waals surface area contributed by atoms with Crippen molar-refractivity contribution >= 4 is 27.4 Å². The maximum absolute atomic E-state index is 12.6. The van der Waals surface area contributed by atoms with Crippen molar-refractivity contribution < 1.29 is 4.21 Å². The Balaban J connectivity index is 1.99. The maximum atomic E-state index is 12.6. The SMILES string of the molecule is Cc1ccc(N)cc1S(=O)Cc1nn(C)c2ccccc12. The predicted octanol–water partition coefficient (Wildman–Crippen LogP) is 2.77. The van der Waals surface area contributed by atoms with Crippen LogP contribution in [-0.4, -0.2) is 14.0 Å². The van der Waals surface area contributed by atoms with Crippen LogP contribution in [0.1, 0.15) is 11.3 Å². The number of rotatable bonds is 3. The van der Waals surface area contributed by atoms with E-state index in [0.29, 0.717) is 11.4 Å². The van der Waals surface area contributed by atoms with Crippen molar-refractivity contribution in [3.8, 4) is 0 Å². The number of nitrogens with two attached hydrogens (primary N) is 1. The Kier molecular flexibility index (Phi) is 3.51. The van der Waals surface area contributed by atoms with Gasteiger partial charge < -0.3 is 5.73 Å². The molecule has 1 heterocycles. The molecule has 5 heteroatoms. The van der Waals surface area contributed by atoms with E-state index < -0.39 is 10.8 Å². The molecule has 2 N–H and O–H groups in total. The lowest BCUT2D eigenvalue weighted by Crippen LogP contribution is -2.01. The van der Waals surface area contributed by atoms with Crippen LogP contribution in [0, 0.1) is 6.92 Å². The highest BCUT2D eigenvalue weighted by Crippen LogP contribution is 2.23. The molecule has 1 unspecified atom stereocenters. The van der Waals surface area contributed by atoms with Crippen LogP contribution in [-0.2, 0) is 23.6 Å². The molecule has 3 aromatic rings. The number of nitrogen functional groups attached to an aromatic ring is 1. The van der Waals surface area contributed by atoms with E-state index in [2.05, 4.69) is 5.10 Å². The summed E-state index contributed by atoms with van der Waals surface area (Å²) in [5.41, 5.74) is 9.33. The van der Waals surface area contributed by atoms with Gasteiger partial charge in [-0.25, -0.2) is 0 Å². The summed E-state index contributed by atoms with van der Waals surface area (Å²) < 4.78 is 14.5. The van der Waals surface area contributed by atoms with Gasteiger partial charge in [-0.3, -0.25) is 8.89 Å². The fourth-order valence-electron chi connectivity index (χ4n) is 2.46. The number of para-hydroxylation sites is 1. The lowest BCUT2D eigenvalue weighted by molar-refractivity contribution is 0.680. The Morgan fingerprint density at radius 1 is 1.24 bits per heavy atom. The average molecular weight is 299 g/mol. The topological polar surface area (TPSA) is 60.9 Å². The van der Waals surface area contributed by atoms with E-state index in [1.807, 2.05) is 55.1 Å². The summed E-state index contributed by atoms with van der Waals surface area (Å²) in [5.74, 6) is 0.394. The predicted molar refractivity (Wildman–Crippen MR) is 86.4 cm³/mol. The van der Waals surface area contributed by atoms with E-state index >= 15 is 0 Å². The van der Waals surface area contributed by atoms with Crippen molar-refractivity contribution in [1.29, 1.82) is 0 Å². The minimum atomic E-state index is -1.15. The van der Waals surface area contributed by atoms with Crippen LogP contribution in [0.4, 0.5) is 5.69 Å². The van der Waals surface area contributed by atoms with Crippen molar-refractivity contribution in [3.05, 3.63) is 53.7 Å². The number of anilines is 1. The zero-order valence-corrected chi connectivity index (χ0v) is 12.9. The second-order valence-corrected chi connectivity index (χ2v) is 6.52. The number of hydrogen-bond donors (Lipinski definition) is 1. The lowest BCUT2D eigenvalue weighted by atomic mass is 10.2. The van der Waals surface area contributed by atoms with Gasteiger partial charge in [0.05, 0.1) is 27.8 Å². The molecule has 0 spiro atoms. The van der Waals surface area contributed by atoms with E-state index in [4.69, 9.17) is 5.73 Å². The summed E-state index contributed by atoms with van der Waals surface area (Å²) in [6.45, 7) is 1.95. The number of fused-ring (bicyclic) bond motifs is 1. The van der Waals surface area contributed by atoms with Crippen molar-refractivity contribution in [2.75, 3.05) is 5.73 Å². The van der Waals surface area contributed by atoms with Gasteiger partial charge in [0, 0.05) is 23.0 Å². The third-order valence-corrected chi connectivity index (χ3v) is 5.03. The number of benzene rings is 2. The van der Waals surface area contributed by atoms with Crippen LogP contribution in [0.3, 0.4) is 0 Å². The highest BCUT2D eigenvalue weighted by molar-refractivity contribution is 7.84. The lowest BCUT2D eigenvalue weighted by Gasteiger charge is -2.06. The van der Waals surface area contributed by atoms with E-state index in [1.165, 1.54) is 0 Å². The normalized spacial score (nSPS) is 12.7. The highest BCUT2D eigenvalue weighted by atomic mass is 32.2. The Hall–Kier alpha value is -2.14. The number of nitrogens with zero attached hydrogens (tertiary/aromatic N) is 2. The Bertz CT molecular complexity index is 839. The van der Waals surface area contributed by atoms with Gasteiger partial charge in [-0.05, 0) is 30.7 Å². The van der Waals surface area contributed by atoms with Crippen LogP contribution >= 0.6 is 0 Å². The molecule has 3 rings (SSSR count). The summed E-state index contributed by atoms with van der Waals surface area (Å²) in [4.78, 5) is 0.782. The first-order chi connectivity index (χ1) is 10.1. The van der Waals surface area contributed by atoms with Gasteiger partial charge in [-0.1, -0.05) is 24.3 Å². The fraction of sp³-hybridized carbons (Fsp3) is 0.188. The molecule has 1 atom stereocenters. The molecule has 0 aliphatic carbocycles. The molecule has 0 aliphatic rings.